The maximum atomic E-state index is 11.9. The SMILES string of the molecule is CCOC(=O)[C@H](C)OC(=O)Cn1c(=O)cnc2ccccc21. The van der Waals surface area contributed by atoms with E-state index in [9.17, 15) is 14.4 Å². The van der Waals surface area contributed by atoms with Crippen LogP contribution in [-0.2, 0) is 25.6 Å². The largest absolute Gasteiger partial charge is 0.463 e. The number of benzene rings is 1. The van der Waals surface area contributed by atoms with Gasteiger partial charge in [-0.2, -0.15) is 0 Å². The van der Waals surface area contributed by atoms with Gasteiger partial charge in [0.05, 0.1) is 23.8 Å². The van der Waals surface area contributed by atoms with Crippen LogP contribution in [0.2, 0.25) is 0 Å². The highest BCUT2D eigenvalue weighted by Gasteiger charge is 2.19. The molecule has 116 valence electrons. The summed E-state index contributed by atoms with van der Waals surface area (Å²) < 4.78 is 11.0. The maximum absolute atomic E-state index is 11.9. The van der Waals surface area contributed by atoms with Crippen molar-refractivity contribution < 1.29 is 19.1 Å². The molecular formula is C15H16N2O5. The van der Waals surface area contributed by atoms with Crippen molar-refractivity contribution in [3.05, 3.63) is 40.8 Å². The summed E-state index contributed by atoms with van der Waals surface area (Å²) in [5.74, 6) is -1.32. The van der Waals surface area contributed by atoms with Crippen LogP contribution in [0.4, 0.5) is 0 Å². The van der Waals surface area contributed by atoms with Gasteiger partial charge in [0, 0.05) is 0 Å². The standard InChI is InChI=1S/C15H16N2O5/c1-3-21-15(20)10(2)22-14(19)9-17-12-7-5-4-6-11(12)16-8-13(17)18/h4-8,10H,3,9H2,1-2H3/t10-/m0/s1. The molecule has 0 saturated heterocycles. The van der Waals surface area contributed by atoms with Crippen molar-refractivity contribution in [2.75, 3.05) is 6.61 Å². The molecule has 1 aromatic carbocycles. The molecule has 2 rings (SSSR count). The predicted octanol–water partition coefficient (Wildman–Crippen LogP) is 0.891. The topological polar surface area (TPSA) is 87.5 Å². The number of hydrogen-bond acceptors (Lipinski definition) is 6. The first-order valence-corrected chi connectivity index (χ1v) is 6.83. The Hall–Kier alpha value is -2.70. The Balaban J connectivity index is 2.17. The average Bonchev–Trinajstić information content (AvgIpc) is 2.50. The molecule has 1 heterocycles. The van der Waals surface area contributed by atoms with E-state index < -0.39 is 23.6 Å². The molecule has 0 unspecified atom stereocenters. The minimum atomic E-state index is -1.02. The van der Waals surface area contributed by atoms with Crippen LogP contribution in [0.25, 0.3) is 11.0 Å². The van der Waals surface area contributed by atoms with Gasteiger partial charge < -0.3 is 9.47 Å². The molecule has 0 spiro atoms. The molecule has 1 aromatic heterocycles. The van der Waals surface area contributed by atoms with Crippen molar-refractivity contribution in [1.82, 2.24) is 9.55 Å². The number of ether oxygens (including phenoxy) is 2. The second-order valence-corrected chi connectivity index (χ2v) is 4.56. The number of para-hydroxylation sites is 2. The fraction of sp³-hybridized carbons (Fsp3) is 0.333. The quantitative estimate of drug-likeness (QED) is 0.762. The van der Waals surface area contributed by atoms with E-state index in [4.69, 9.17) is 9.47 Å². The zero-order valence-electron chi connectivity index (χ0n) is 12.3. The van der Waals surface area contributed by atoms with E-state index in [1.165, 1.54) is 11.5 Å². The van der Waals surface area contributed by atoms with Gasteiger partial charge in [0.15, 0.2) is 6.10 Å². The van der Waals surface area contributed by atoms with Gasteiger partial charge in [-0.25, -0.2) is 9.78 Å². The van der Waals surface area contributed by atoms with Crippen molar-refractivity contribution >= 4 is 23.0 Å². The van der Waals surface area contributed by atoms with Gasteiger partial charge in [-0.15, -0.1) is 0 Å². The monoisotopic (exact) mass is 304 g/mol. The number of hydrogen-bond donors (Lipinski definition) is 0. The van der Waals surface area contributed by atoms with Crippen molar-refractivity contribution in [3.8, 4) is 0 Å². The first kappa shape index (κ1) is 15.7. The van der Waals surface area contributed by atoms with E-state index in [0.717, 1.165) is 6.20 Å². The second kappa shape index (κ2) is 6.84. The maximum Gasteiger partial charge on any atom is 0.347 e. The first-order chi connectivity index (χ1) is 10.5. The summed E-state index contributed by atoms with van der Waals surface area (Å²) in [6.07, 6.45) is 0.126. The lowest BCUT2D eigenvalue weighted by molar-refractivity contribution is -0.166. The minimum Gasteiger partial charge on any atom is -0.463 e. The third-order valence-corrected chi connectivity index (χ3v) is 2.97. The third kappa shape index (κ3) is 3.49. The number of aromatic nitrogens is 2. The molecule has 7 heteroatoms. The lowest BCUT2D eigenvalue weighted by atomic mass is 10.3. The highest BCUT2D eigenvalue weighted by atomic mass is 16.6. The summed E-state index contributed by atoms with van der Waals surface area (Å²) in [7, 11) is 0. The average molecular weight is 304 g/mol. The summed E-state index contributed by atoms with van der Waals surface area (Å²) in [6.45, 7) is 2.99. The van der Waals surface area contributed by atoms with Crippen molar-refractivity contribution in [1.29, 1.82) is 0 Å². The fourth-order valence-corrected chi connectivity index (χ4v) is 1.95. The summed E-state index contributed by atoms with van der Waals surface area (Å²) in [6, 6.07) is 6.95. The van der Waals surface area contributed by atoms with Crippen LogP contribution in [-0.4, -0.2) is 34.2 Å². The molecule has 0 aliphatic carbocycles. The summed E-state index contributed by atoms with van der Waals surface area (Å²) in [5, 5.41) is 0. The second-order valence-electron chi connectivity index (χ2n) is 4.56. The predicted molar refractivity (Wildman–Crippen MR) is 78.2 cm³/mol. The van der Waals surface area contributed by atoms with Gasteiger partial charge in [0.25, 0.3) is 5.56 Å². The molecule has 7 nitrogen and oxygen atoms in total. The van der Waals surface area contributed by atoms with Gasteiger partial charge in [0.2, 0.25) is 0 Å². The number of fused-ring (bicyclic) bond motifs is 1. The van der Waals surface area contributed by atoms with Crippen LogP contribution in [0.5, 0.6) is 0 Å². The normalized spacial score (nSPS) is 11.9. The Morgan fingerprint density at radius 2 is 2.05 bits per heavy atom. The van der Waals surface area contributed by atoms with E-state index in [-0.39, 0.29) is 13.2 Å². The smallest absolute Gasteiger partial charge is 0.347 e. The molecule has 0 aliphatic heterocycles. The molecule has 0 bridgehead atoms. The number of rotatable bonds is 5. The zero-order valence-corrected chi connectivity index (χ0v) is 12.3. The molecule has 0 fully saturated rings. The molecule has 0 amide bonds. The molecule has 2 aromatic rings. The highest BCUT2D eigenvalue weighted by Crippen LogP contribution is 2.08. The molecular weight excluding hydrogens is 288 g/mol. The van der Waals surface area contributed by atoms with Gasteiger partial charge in [-0.1, -0.05) is 12.1 Å². The summed E-state index contributed by atoms with van der Waals surface area (Å²) in [5.41, 5.74) is 0.698. The molecule has 22 heavy (non-hydrogen) atoms. The molecule has 0 radical (unpaired) electrons. The van der Waals surface area contributed by atoms with Crippen molar-refractivity contribution in [2.45, 2.75) is 26.5 Å². The van der Waals surface area contributed by atoms with Gasteiger partial charge in [-0.05, 0) is 26.0 Å². The Kier molecular flexibility index (Phi) is 4.88. The first-order valence-electron chi connectivity index (χ1n) is 6.83. The minimum absolute atomic E-state index is 0.204. The highest BCUT2D eigenvalue weighted by molar-refractivity contribution is 5.80. The zero-order chi connectivity index (χ0) is 16.1. The Bertz CT molecular complexity index is 753. The lowest BCUT2D eigenvalue weighted by Gasteiger charge is -2.13. The van der Waals surface area contributed by atoms with Crippen LogP contribution < -0.4 is 5.56 Å². The van der Waals surface area contributed by atoms with Crippen molar-refractivity contribution in [3.63, 3.8) is 0 Å². The van der Waals surface area contributed by atoms with Crippen LogP contribution in [0.1, 0.15) is 13.8 Å². The van der Waals surface area contributed by atoms with E-state index >= 15 is 0 Å². The van der Waals surface area contributed by atoms with Gasteiger partial charge in [0.1, 0.15) is 6.54 Å². The number of carbonyl (C=O) groups excluding carboxylic acids is 2. The molecule has 0 aliphatic rings. The van der Waals surface area contributed by atoms with E-state index in [2.05, 4.69) is 4.98 Å². The van der Waals surface area contributed by atoms with Crippen LogP contribution in [0, 0.1) is 0 Å². The Morgan fingerprint density at radius 1 is 1.32 bits per heavy atom. The van der Waals surface area contributed by atoms with E-state index in [1.807, 2.05) is 0 Å². The summed E-state index contributed by atoms with van der Waals surface area (Å²) >= 11 is 0. The molecule has 0 N–H and O–H groups in total. The molecule has 0 saturated carbocycles. The van der Waals surface area contributed by atoms with Crippen molar-refractivity contribution in [2.24, 2.45) is 0 Å². The molecule has 1 atom stereocenters. The van der Waals surface area contributed by atoms with Crippen LogP contribution in [0.15, 0.2) is 35.3 Å². The van der Waals surface area contributed by atoms with Gasteiger partial charge >= 0.3 is 11.9 Å². The summed E-state index contributed by atoms with van der Waals surface area (Å²) in [4.78, 5) is 39.2. The van der Waals surface area contributed by atoms with E-state index in [1.54, 1.807) is 31.2 Å². The number of nitrogens with zero attached hydrogens (tertiary/aromatic N) is 2. The number of carbonyl (C=O) groups is 2. The van der Waals surface area contributed by atoms with Gasteiger partial charge in [-0.3, -0.25) is 14.2 Å². The van der Waals surface area contributed by atoms with Crippen LogP contribution in [0.3, 0.4) is 0 Å². The lowest BCUT2D eigenvalue weighted by Crippen LogP contribution is -2.31. The fourth-order valence-electron chi connectivity index (χ4n) is 1.95. The van der Waals surface area contributed by atoms with Crippen LogP contribution >= 0.6 is 0 Å². The Labute approximate surface area is 126 Å². The Morgan fingerprint density at radius 3 is 2.77 bits per heavy atom. The number of esters is 2. The van der Waals surface area contributed by atoms with E-state index in [0.29, 0.717) is 11.0 Å². The third-order valence-electron chi connectivity index (χ3n) is 2.97.